The minimum atomic E-state index is -0.243. The van der Waals surface area contributed by atoms with Gasteiger partial charge in [-0.15, -0.1) is 0 Å². The second kappa shape index (κ2) is 7.43. The van der Waals surface area contributed by atoms with Crippen molar-refractivity contribution < 1.29 is 9.53 Å². The van der Waals surface area contributed by atoms with E-state index in [1.165, 1.54) is 25.8 Å². The number of carbonyl (C=O) groups is 1. The molecule has 4 heteroatoms. The molecule has 4 nitrogen and oxygen atoms in total. The molecule has 1 atom stereocenters. The molecule has 1 heterocycles. The maximum atomic E-state index is 12.3. The zero-order valence-electron chi connectivity index (χ0n) is 15.7. The highest BCUT2D eigenvalue weighted by Gasteiger charge is 2.41. The highest BCUT2D eigenvalue weighted by Crippen LogP contribution is 2.37. The normalized spacial score (nSPS) is 31.2. The fourth-order valence-electron chi connectivity index (χ4n) is 4.78. The number of benzene rings is 1. The fraction of sp³-hybridized carbons (Fsp3) is 0.591. The minimum Gasteiger partial charge on any atom is -0.485 e. The minimum absolute atomic E-state index is 0.0120. The molecular formula is C22H30N2O2. The molecule has 1 N–H and O–H groups in total. The van der Waals surface area contributed by atoms with Crippen LogP contribution < -0.4 is 10.1 Å². The summed E-state index contributed by atoms with van der Waals surface area (Å²) in [6.07, 6.45) is 12.7. The average molecular weight is 354 g/mol. The summed E-state index contributed by atoms with van der Waals surface area (Å²) < 4.78 is 6.42. The number of hydrogen-bond donors (Lipinski definition) is 1. The first-order valence-electron chi connectivity index (χ1n) is 10.1. The summed E-state index contributed by atoms with van der Waals surface area (Å²) in [5, 5.41) is 3.09. The molecule has 1 amide bonds. The van der Waals surface area contributed by atoms with Crippen LogP contribution in [0.5, 0.6) is 5.75 Å². The van der Waals surface area contributed by atoms with Gasteiger partial charge in [0.1, 0.15) is 11.4 Å². The summed E-state index contributed by atoms with van der Waals surface area (Å²) in [5.74, 6) is 1.53. The van der Waals surface area contributed by atoms with Gasteiger partial charge < -0.3 is 15.0 Å². The standard InChI is InChI=1S/C22H30N2O2/c1-24(15-17-7-3-2-4-8-17)18-11-13-22(14-12-18)16-23-21(25)19-9-5-6-10-20(19)26-22/h2-3,5-6,9-10,17-18H,4,7-8,11-16H2,1H3,(H,23,25)/t17-,18?,22?/m1/s1. The van der Waals surface area contributed by atoms with Crippen molar-refractivity contribution in [1.82, 2.24) is 10.2 Å². The van der Waals surface area contributed by atoms with E-state index in [2.05, 4.69) is 29.4 Å². The van der Waals surface area contributed by atoms with E-state index in [9.17, 15) is 4.79 Å². The Morgan fingerprint density at radius 3 is 2.77 bits per heavy atom. The van der Waals surface area contributed by atoms with Gasteiger partial charge in [-0.05, 0) is 70.0 Å². The van der Waals surface area contributed by atoms with Crippen LogP contribution in [0.25, 0.3) is 0 Å². The molecule has 0 bridgehead atoms. The SMILES string of the molecule is CN(C[C@@H]1CC=CCC1)C1CCC2(CC1)CNC(=O)c1ccccc1O2. The third kappa shape index (κ3) is 3.66. The number of carbonyl (C=O) groups excluding carboxylic acids is 1. The van der Waals surface area contributed by atoms with Crippen molar-refractivity contribution in [3.63, 3.8) is 0 Å². The maximum Gasteiger partial charge on any atom is 0.255 e. The highest BCUT2D eigenvalue weighted by molar-refractivity contribution is 5.97. The van der Waals surface area contributed by atoms with E-state index in [4.69, 9.17) is 4.74 Å². The molecule has 0 aromatic heterocycles. The van der Waals surface area contributed by atoms with Gasteiger partial charge in [0.25, 0.3) is 5.91 Å². The largest absolute Gasteiger partial charge is 0.485 e. The molecule has 26 heavy (non-hydrogen) atoms. The number of rotatable bonds is 3. The zero-order valence-corrected chi connectivity index (χ0v) is 15.7. The number of allylic oxidation sites excluding steroid dienone is 2. The fourth-order valence-corrected chi connectivity index (χ4v) is 4.78. The van der Waals surface area contributed by atoms with Crippen LogP contribution in [0.2, 0.25) is 0 Å². The van der Waals surface area contributed by atoms with Crippen molar-refractivity contribution in [3.05, 3.63) is 42.0 Å². The van der Waals surface area contributed by atoms with Crippen molar-refractivity contribution in [3.8, 4) is 5.75 Å². The van der Waals surface area contributed by atoms with Gasteiger partial charge in [-0.25, -0.2) is 0 Å². The lowest BCUT2D eigenvalue weighted by Gasteiger charge is -2.42. The van der Waals surface area contributed by atoms with Crippen molar-refractivity contribution in [2.45, 2.75) is 56.6 Å². The molecule has 3 aliphatic rings. The topological polar surface area (TPSA) is 41.6 Å². The Labute approximate surface area is 156 Å². The average Bonchev–Trinajstić information content (AvgIpc) is 2.80. The summed E-state index contributed by atoms with van der Waals surface area (Å²) in [6, 6.07) is 8.25. The lowest BCUT2D eigenvalue weighted by Crippen LogP contribution is -2.51. The third-order valence-corrected chi connectivity index (χ3v) is 6.44. The summed E-state index contributed by atoms with van der Waals surface area (Å²) in [5.41, 5.74) is 0.418. The number of para-hydroxylation sites is 1. The molecule has 1 aromatic rings. The number of amides is 1. The second-order valence-electron chi connectivity index (χ2n) is 8.29. The maximum absolute atomic E-state index is 12.3. The molecule has 0 radical (unpaired) electrons. The van der Waals surface area contributed by atoms with E-state index >= 15 is 0 Å². The van der Waals surface area contributed by atoms with E-state index in [-0.39, 0.29) is 11.5 Å². The number of nitrogens with zero attached hydrogens (tertiary/aromatic N) is 1. The van der Waals surface area contributed by atoms with Crippen LogP contribution in [0.15, 0.2) is 36.4 Å². The molecule has 0 unspecified atom stereocenters. The number of ether oxygens (including phenoxy) is 1. The van der Waals surface area contributed by atoms with Crippen molar-refractivity contribution in [2.75, 3.05) is 20.1 Å². The number of hydrogen-bond acceptors (Lipinski definition) is 3. The van der Waals surface area contributed by atoms with Gasteiger partial charge >= 0.3 is 0 Å². The first-order valence-corrected chi connectivity index (χ1v) is 10.1. The highest BCUT2D eigenvalue weighted by atomic mass is 16.5. The monoisotopic (exact) mass is 354 g/mol. The lowest BCUT2D eigenvalue weighted by molar-refractivity contribution is 0.00766. The van der Waals surface area contributed by atoms with Crippen LogP contribution in [-0.4, -0.2) is 42.6 Å². The Hall–Kier alpha value is -1.81. The van der Waals surface area contributed by atoms with Gasteiger partial charge in [-0.3, -0.25) is 4.79 Å². The number of fused-ring (bicyclic) bond motifs is 1. The van der Waals surface area contributed by atoms with Gasteiger partial charge in [0.05, 0.1) is 12.1 Å². The predicted octanol–water partition coefficient (Wildman–Crippen LogP) is 3.78. The van der Waals surface area contributed by atoms with Gasteiger partial charge in [0, 0.05) is 12.6 Å². The first kappa shape index (κ1) is 17.6. The van der Waals surface area contributed by atoms with Crippen LogP contribution in [0.1, 0.15) is 55.3 Å². The Bertz CT molecular complexity index is 676. The van der Waals surface area contributed by atoms with E-state index < -0.39 is 0 Å². The smallest absolute Gasteiger partial charge is 0.255 e. The Morgan fingerprint density at radius 1 is 1.19 bits per heavy atom. The third-order valence-electron chi connectivity index (χ3n) is 6.44. The summed E-state index contributed by atoms with van der Waals surface area (Å²) in [6.45, 7) is 1.81. The van der Waals surface area contributed by atoms with E-state index in [1.807, 2.05) is 24.3 Å². The van der Waals surface area contributed by atoms with E-state index in [0.717, 1.165) is 37.4 Å². The summed E-state index contributed by atoms with van der Waals surface area (Å²) >= 11 is 0. The quantitative estimate of drug-likeness (QED) is 0.840. The molecule has 1 saturated carbocycles. The molecule has 0 saturated heterocycles. The number of nitrogens with one attached hydrogen (secondary N) is 1. The van der Waals surface area contributed by atoms with Gasteiger partial charge in [-0.1, -0.05) is 24.3 Å². The molecular weight excluding hydrogens is 324 g/mol. The van der Waals surface area contributed by atoms with Gasteiger partial charge in [0.15, 0.2) is 0 Å². The van der Waals surface area contributed by atoms with Crippen LogP contribution >= 0.6 is 0 Å². The van der Waals surface area contributed by atoms with E-state index in [1.54, 1.807) is 0 Å². The Kier molecular flexibility index (Phi) is 5.03. The summed E-state index contributed by atoms with van der Waals surface area (Å²) in [7, 11) is 2.28. The van der Waals surface area contributed by atoms with Crippen molar-refractivity contribution >= 4 is 5.91 Å². The van der Waals surface area contributed by atoms with Crippen molar-refractivity contribution in [1.29, 1.82) is 0 Å². The van der Waals surface area contributed by atoms with Gasteiger partial charge in [-0.2, -0.15) is 0 Å². The molecule has 1 fully saturated rings. The first-order chi connectivity index (χ1) is 12.7. The Morgan fingerprint density at radius 2 is 2.00 bits per heavy atom. The van der Waals surface area contributed by atoms with Crippen LogP contribution in [-0.2, 0) is 0 Å². The Balaban J connectivity index is 1.38. The zero-order chi connectivity index (χ0) is 18.0. The van der Waals surface area contributed by atoms with Crippen molar-refractivity contribution in [2.24, 2.45) is 5.92 Å². The summed E-state index contributed by atoms with van der Waals surface area (Å²) in [4.78, 5) is 14.9. The second-order valence-corrected chi connectivity index (χ2v) is 8.29. The van der Waals surface area contributed by atoms with Gasteiger partial charge in [0.2, 0.25) is 0 Å². The molecule has 2 aliphatic carbocycles. The van der Waals surface area contributed by atoms with Crippen LogP contribution in [0.4, 0.5) is 0 Å². The molecule has 4 rings (SSSR count). The molecule has 1 aliphatic heterocycles. The lowest BCUT2D eigenvalue weighted by atomic mass is 9.81. The van der Waals surface area contributed by atoms with E-state index in [0.29, 0.717) is 18.2 Å². The molecule has 1 aromatic carbocycles. The van der Waals surface area contributed by atoms with Crippen LogP contribution in [0.3, 0.4) is 0 Å². The molecule has 1 spiro atoms. The predicted molar refractivity (Wildman–Crippen MR) is 104 cm³/mol. The molecule has 140 valence electrons. The van der Waals surface area contributed by atoms with Crippen LogP contribution in [0, 0.1) is 5.92 Å².